The molecular formula is C11H14ClNO. The third-order valence-corrected chi connectivity index (χ3v) is 3.51. The summed E-state index contributed by atoms with van der Waals surface area (Å²) in [5, 5.41) is 12.6. The van der Waals surface area contributed by atoms with Gasteiger partial charge in [0.1, 0.15) is 5.75 Å². The average molecular weight is 212 g/mol. The van der Waals surface area contributed by atoms with Crippen LogP contribution in [-0.4, -0.2) is 18.2 Å². The predicted octanol–water partition coefficient (Wildman–Crippen LogP) is 1.67. The van der Waals surface area contributed by atoms with E-state index in [0.717, 1.165) is 12.5 Å². The quantitative estimate of drug-likeness (QED) is 0.741. The molecule has 1 aromatic carbocycles. The first kappa shape index (κ1) is 9.81. The number of phenolic OH excluding ortho intramolecular Hbond substituents is 1. The third kappa shape index (κ3) is 1.22. The lowest BCUT2D eigenvalue weighted by atomic mass is 9.95. The van der Waals surface area contributed by atoms with Crippen molar-refractivity contribution < 1.29 is 5.11 Å². The topological polar surface area (TPSA) is 32.3 Å². The predicted molar refractivity (Wildman–Crippen MR) is 58.0 cm³/mol. The van der Waals surface area contributed by atoms with E-state index in [1.165, 1.54) is 18.5 Å². The molecule has 76 valence electrons. The molecule has 1 aliphatic heterocycles. The Morgan fingerprint density at radius 3 is 2.50 bits per heavy atom. The van der Waals surface area contributed by atoms with Gasteiger partial charge in [-0.2, -0.15) is 0 Å². The second-order valence-electron chi connectivity index (χ2n) is 4.23. The number of aromatic hydroxyl groups is 1. The zero-order valence-corrected chi connectivity index (χ0v) is 8.68. The Morgan fingerprint density at radius 1 is 1.29 bits per heavy atom. The van der Waals surface area contributed by atoms with Crippen molar-refractivity contribution in [2.24, 2.45) is 5.92 Å². The summed E-state index contributed by atoms with van der Waals surface area (Å²) in [5.74, 6) is 1.21. The Kier molecular flexibility index (Phi) is 2.20. The van der Waals surface area contributed by atoms with Crippen molar-refractivity contribution in [3.8, 4) is 5.75 Å². The van der Waals surface area contributed by atoms with Gasteiger partial charge in [-0.05, 0) is 36.6 Å². The number of hydrogen-bond donors (Lipinski definition) is 2. The number of hydrogen-bond acceptors (Lipinski definition) is 2. The number of piperidine rings is 1. The van der Waals surface area contributed by atoms with Gasteiger partial charge in [0, 0.05) is 12.0 Å². The number of phenols is 1. The van der Waals surface area contributed by atoms with Gasteiger partial charge >= 0.3 is 0 Å². The average Bonchev–Trinajstić information content (AvgIpc) is 2.71. The van der Waals surface area contributed by atoms with E-state index in [2.05, 4.69) is 17.4 Å². The van der Waals surface area contributed by atoms with Gasteiger partial charge in [-0.25, -0.2) is 0 Å². The van der Waals surface area contributed by atoms with Crippen LogP contribution in [-0.2, 0) is 5.41 Å². The van der Waals surface area contributed by atoms with E-state index in [0.29, 0.717) is 11.2 Å². The first-order chi connectivity index (χ1) is 6.31. The van der Waals surface area contributed by atoms with Crippen LogP contribution < -0.4 is 5.32 Å². The normalized spacial score (nSPS) is 33.3. The van der Waals surface area contributed by atoms with Gasteiger partial charge in [-0.15, -0.1) is 12.4 Å². The van der Waals surface area contributed by atoms with Crippen molar-refractivity contribution in [3.63, 3.8) is 0 Å². The van der Waals surface area contributed by atoms with Gasteiger partial charge < -0.3 is 10.4 Å². The molecule has 2 fully saturated rings. The lowest BCUT2D eigenvalue weighted by molar-refractivity contribution is 0.474. The Labute approximate surface area is 89.7 Å². The monoisotopic (exact) mass is 211 g/mol. The van der Waals surface area contributed by atoms with Crippen LogP contribution in [0.2, 0.25) is 0 Å². The zero-order chi connectivity index (χ0) is 8.89. The van der Waals surface area contributed by atoms with Crippen molar-refractivity contribution >= 4 is 12.4 Å². The summed E-state index contributed by atoms with van der Waals surface area (Å²) >= 11 is 0. The molecule has 0 amide bonds. The van der Waals surface area contributed by atoms with Crippen LogP contribution >= 0.6 is 12.4 Å². The van der Waals surface area contributed by atoms with Gasteiger partial charge in [0.15, 0.2) is 0 Å². The fraction of sp³-hybridized carbons (Fsp3) is 0.455. The molecule has 2 N–H and O–H groups in total. The maximum Gasteiger partial charge on any atom is 0.115 e. The van der Waals surface area contributed by atoms with E-state index in [9.17, 15) is 5.11 Å². The van der Waals surface area contributed by atoms with Crippen LogP contribution in [0.3, 0.4) is 0 Å². The van der Waals surface area contributed by atoms with Gasteiger partial charge in [0.05, 0.1) is 0 Å². The lowest BCUT2D eigenvalue weighted by Gasteiger charge is -2.11. The van der Waals surface area contributed by atoms with Crippen molar-refractivity contribution in [2.45, 2.75) is 11.8 Å². The molecule has 1 saturated carbocycles. The standard InChI is InChI=1S/C11H13NO.ClH/c13-10-3-1-8(2-4-10)11-5-9(11)6-12-7-11;/h1-4,9,12-13H,5-7H2;1H. The molecule has 1 heterocycles. The van der Waals surface area contributed by atoms with E-state index < -0.39 is 0 Å². The zero-order valence-electron chi connectivity index (χ0n) is 7.86. The molecule has 2 nitrogen and oxygen atoms in total. The maximum absolute atomic E-state index is 9.18. The van der Waals surface area contributed by atoms with Crippen molar-refractivity contribution in [2.75, 3.05) is 13.1 Å². The molecule has 0 aromatic heterocycles. The van der Waals surface area contributed by atoms with E-state index in [1.807, 2.05) is 0 Å². The van der Waals surface area contributed by atoms with Crippen LogP contribution in [0, 0.1) is 5.92 Å². The van der Waals surface area contributed by atoms with Gasteiger partial charge in [-0.1, -0.05) is 12.1 Å². The number of fused-ring (bicyclic) bond motifs is 1. The highest BCUT2D eigenvalue weighted by Crippen LogP contribution is 2.56. The van der Waals surface area contributed by atoms with E-state index in [4.69, 9.17) is 0 Å². The van der Waals surface area contributed by atoms with Gasteiger partial charge in [0.2, 0.25) is 0 Å². The van der Waals surface area contributed by atoms with Crippen molar-refractivity contribution in [1.82, 2.24) is 5.32 Å². The van der Waals surface area contributed by atoms with E-state index in [-0.39, 0.29) is 12.4 Å². The Hall–Kier alpha value is -0.730. The Balaban J connectivity index is 0.000000750. The first-order valence-corrected chi connectivity index (χ1v) is 4.81. The molecule has 2 unspecified atom stereocenters. The van der Waals surface area contributed by atoms with Crippen LogP contribution in [0.15, 0.2) is 24.3 Å². The molecule has 1 aliphatic carbocycles. The highest BCUT2D eigenvalue weighted by molar-refractivity contribution is 5.85. The summed E-state index contributed by atoms with van der Waals surface area (Å²) in [4.78, 5) is 0. The number of benzene rings is 1. The van der Waals surface area contributed by atoms with Gasteiger partial charge in [0.25, 0.3) is 0 Å². The summed E-state index contributed by atoms with van der Waals surface area (Å²) in [6.07, 6.45) is 1.32. The Morgan fingerprint density at radius 2 is 2.00 bits per heavy atom. The van der Waals surface area contributed by atoms with Crippen molar-refractivity contribution in [1.29, 1.82) is 0 Å². The minimum absolute atomic E-state index is 0. The highest BCUT2D eigenvalue weighted by atomic mass is 35.5. The van der Waals surface area contributed by atoms with E-state index in [1.54, 1.807) is 12.1 Å². The van der Waals surface area contributed by atoms with E-state index >= 15 is 0 Å². The second kappa shape index (κ2) is 3.14. The minimum Gasteiger partial charge on any atom is -0.508 e. The third-order valence-electron chi connectivity index (χ3n) is 3.51. The highest BCUT2D eigenvalue weighted by Gasteiger charge is 2.57. The molecular weight excluding hydrogens is 198 g/mol. The van der Waals surface area contributed by atoms with Gasteiger partial charge in [-0.3, -0.25) is 0 Å². The Bertz CT molecular complexity index is 338. The fourth-order valence-electron chi connectivity index (χ4n) is 2.58. The van der Waals surface area contributed by atoms with Crippen LogP contribution in [0.25, 0.3) is 0 Å². The second-order valence-corrected chi connectivity index (χ2v) is 4.23. The maximum atomic E-state index is 9.18. The minimum atomic E-state index is 0. The molecule has 2 aliphatic rings. The van der Waals surface area contributed by atoms with Crippen molar-refractivity contribution in [3.05, 3.63) is 29.8 Å². The lowest BCUT2D eigenvalue weighted by Crippen LogP contribution is -2.18. The summed E-state index contributed by atoms with van der Waals surface area (Å²) in [5.41, 5.74) is 1.81. The molecule has 3 heteroatoms. The van der Waals surface area contributed by atoms with Crippen LogP contribution in [0.4, 0.5) is 0 Å². The summed E-state index contributed by atoms with van der Waals surface area (Å²) < 4.78 is 0. The van der Waals surface area contributed by atoms with Crippen LogP contribution in [0.5, 0.6) is 5.75 Å². The molecule has 0 bridgehead atoms. The smallest absolute Gasteiger partial charge is 0.115 e. The SMILES string of the molecule is Cl.Oc1ccc(C23CNCC2C3)cc1. The molecule has 2 atom stereocenters. The molecule has 3 rings (SSSR count). The molecule has 1 saturated heterocycles. The molecule has 0 radical (unpaired) electrons. The number of rotatable bonds is 1. The summed E-state index contributed by atoms with van der Waals surface area (Å²) in [7, 11) is 0. The first-order valence-electron chi connectivity index (χ1n) is 4.81. The summed E-state index contributed by atoms with van der Waals surface area (Å²) in [6, 6.07) is 7.69. The number of nitrogens with one attached hydrogen (secondary N) is 1. The summed E-state index contributed by atoms with van der Waals surface area (Å²) in [6.45, 7) is 2.28. The fourth-order valence-corrected chi connectivity index (χ4v) is 2.58. The van der Waals surface area contributed by atoms with Crippen LogP contribution in [0.1, 0.15) is 12.0 Å². The largest absolute Gasteiger partial charge is 0.508 e. The number of halogens is 1. The molecule has 14 heavy (non-hydrogen) atoms. The molecule has 1 aromatic rings. The molecule has 0 spiro atoms.